The molecule has 0 aliphatic heterocycles. The monoisotopic (exact) mass is 375 g/mol. The number of carbonyl (C=O) groups excluding carboxylic acids is 1. The van der Waals surface area contributed by atoms with Crippen LogP contribution in [0.4, 0.5) is 5.69 Å². The predicted molar refractivity (Wildman–Crippen MR) is 98.5 cm³/mol. The molecule has 1 amide bonds. The fraction of sp³-hybridized carbons (Fsp3) is 0.333. The minimum absolute atomic E-state index is 0.295. The van der Waals surface area contributed by atoms with E-state index < -0.39 is 10.0 Å². The highest BCUT2D eigenvalue weighted by atomic mass is 32.2. The molecule has 0 bridgehead atoms. The summed E-state index contributed by atoms with van der Waals surface area (Å²) < 4.78 is 30.5. The molecule has 0 spiro atoms. The zero-order chi connectivity index (χ0) is 18.6. The van der Waals surface area contributed by atoms with E-state index in [0.29, 0.717) is 36.2 Å². The van der Waals surface area contributed by atoms with Crippen molar-refractivity contribution in [2.24, 2.45) is 5.92 Å². The van der Waals surface area contributed by atoms with Crippen molar-refractivity contribution in [3.05, 3.63) is 53.7 Å². The van der Waals surface area contributed by atoms with E-state index in [2.05, 4.69) is 15.0 Å². The highest BCUT2D eigenvalue weighted by Gasteiger charge is 2.22. The van der Waals surface area contributed by atoms with Crippen LogP contribution < -0.4 is 14.8 Å². The number of sulfonamides is 1. The number of amides is 1. The molecule has 0 atom stereocenters. The van der Waals surface area contributed by atoms with Gasteiger partial charge < -0.3 is 10.1 Å². The van der Waals surface area contributed by atoms with E-state index in [0.717, 1.165) is 11.8 Å². The van der Waals surface area contributed by atoms with Gasteiger partial charge in [-0.1, -0.05) is 12.1 Å². The van der Waals surface area contributed by atoms with E-state index >= 15 is 0 Å². The fourth-order valence-electron chi connectivity index (χ4n) is 2.31. The van der Waals surface area contributed by atoms with Gasteiger partial charge in [0, 0.05) is 30.1 Å². The Morgan fingerprint density at radius 2 is 2.08 bits per heavy atom. The van der Waals surface area contributed by atoms with Gasteiger partial charge in [-0.25, -0.2) is 13.4 Å². The lowest BCUT2D eigenvalue weighted by atomic mass is 10.2. The molecule has 2 N–H and O–H groups in total. The molecular weight excluding hydrogens is 354 g/mol. The maximum atomic E-state index is 12.3. The topological polar surface area (TPSA) is 97.4 Å². The summed E-state index contributed by atoms with van der Waals surface area (Å²) >= 11 is 0. The molecule has 1 fully saturated rings. The summed E-state index contributed by atoms with van der Waals surface area (Å²) in [5, 5.41) is 2.79. The summed E-state index contributed by atoms with van der Waals surface area (Å²) in [6.07, 6.45) is 5.19. The number of ether oxygens (including phenoxy) is 1. The van der Waals surface area contributed by atoms with Crippen LogP contribution in [0.5, 0.6) is 5.88 Å². The van der Waals surface area contributed by atoms with Crippen molar-refractivity contribution in [2.45, 2.75) is 19.4 Å². The van der Waals surface area contributed by atoms with Crippen molar-refractivity contribution in [1.29, 1.82) is 0 Å². The average Bonchev–Trinajstić information content (AvgIpc) is 3.42. The van der Waals surface area contributed by atoms with Crippen LogP contribution in [0.1, 0.15) is 28.8 Å². The summed E-state index contributed by atoms with van der Waals surface area (Å²) in [5.41, 5.74) is 1.57. The van der Waals surface area contributed by atoms with E-state index in [4.69, 9.17) is 4.74 Å². The number of hydrogen-bond acceptors (Lipinski definition) is 5. The Kier molecular flexibility index (Phi) is 5.41. The maximum Gasteiger partial charge on any atom is 0.251 e. The van der Waals surface area contributed by atoms with Gasteiger partial charge in [-0.15, -0.1) is 0 Å². The quantitative estimate of drug-likeness (QED) is 0.737. The number of benzene rings is 1. The van der Waals surface area contributed by atoms with Crippen LogP contribution in [0.25, 0.3) is 0 Å². The smallest absolute Gasteiger partial charge is 0.251 e. The number of carbonyl (C=O) groups is 1. The fourth-order valence-corrected chi connectivity index (χ4v) is 2.87. The first-order chi connectivity index (χ1) is 12.4. The van der Waals surface area contributed by atoms with E-state index in [9.17, 15) is 13.2 Å². The predicted octanol–water partition coefficient (Wildman–Crippen LogP) is 2.17. The Morgan fingerprint density at radius 1 is 1.27 bits per heavy atom. The molecule has 0 saturated heterocycles. The highest BCUT2D eigenvalue weighted by molar-refractivity contribution is 7.92. The van der Waals surface area contributed by atoms with Crippen molar-refractivity contribution in [3.8, 4) is 5.88 Å². The molecule has 1 heterocycles. The van der Waals surface area contributed by atoms with Gasteiger partial charge in [-0.3, -0.25) is 9.52 Å². The summed E-state index contributed by atoms with van der Waals surface area (Å²) in [5.74, 6) is 0.964. The minimum atomic E-state index is -3.39. The second-order valence-corrected chi connectivity index (χ2v) is 8.15. The number of nitrogens with zero attached hydrogens (tertiary/aromatic N) is 1. The van der Waals surface area contributed by atoms with Crippen LogP contribution in [-0.2, 0) is 16.6 Å². The third-order valence-corrected chi connectivity index (χ3v) is 4.45. The minimum Gasteiger partial charge on any atom is -0.477 e. The molecule has 1 aliphatic rings. The molecule has 1 saturated carbocycles. The van der Waals surface area contributed by atoms with Crippen molar-refractivity contribution < 1.29 is 17.9 Å². The molecule has 26 heavy (non-hydrogen) atoms. The van der Waals surface area contributed by atoms with E-state index in [1.54, 1.807) is 30.5 Å². The summed E-state index contributed by atoms with van der Waals surface area (Å²) in [7, 11) is -3.39. The van der Waals surface area contributed by atoms with Crippen LogP contribution in [0.3, 0.4) is 0 Å². The summed E-state index contributed by atoms with van der Waals surface area (Å²) in [6, 6.07) is 9.97. The number of anilines is 1. The number of rotatable bonds is 8. The van der Waals surface area contributed by atoms with Crippen LogP contribution in [0, 0.1) is 5.92 Å². The Labute approximate surface area is 152 Å². The Bertz CT molecular complexity index is 878. The van der Waals surface area contributed by atoms with Crippen molar-refractivity contribution in [3.63, 3.8) is 0 Å². The van der Waals surface area contributed by atoms with Crippen LogP contribution in [0.15, 0.2) is 42.6 Å². The van der Waals surface area contributed by atoms with E-state index in [-0.39, 0.29) is 5.91 Å². The van der Waals surface area contributed by atoms with Crippen LogP contribution >= 0.6 is 0 Å². The number of aromatic nitrogens is 1. The van der Waals surface area contributed by atoms with Gasteiger partial charge in [0.15, 0.2) is 0 Å². The molecule has 8 heteroatoms. The van der Waals surface area contributed by atoms with Gasteiger partial charge in [0.1, 0.15) is 0 Å². The first-order valence-electron chi connectivity index (χ1n) is 8.33. The Hall–Kier alpha value is -2.61. The lowest BCUT2D eigenvalue weighted by molar-refractivity contribution is 0.0951. The lowest BCUT2D eigenvalue weighted by Crippen LogP contribution is -2.23. The molecule has 2 aromatic rings. The number of hydrogen-bond donors (Lipinski definition) is 2. The molecule has 0 radical (unpaired) electrons. The van der Waals surface area contributed by atoms with Gasteiger partial charge in [0.2, 0.25) is 15.9 Å². The molecule has 1 aromatic heterocycles. The standard InChI is InChI=1S/C18H21N3O4S/c1-26(23,24)21-16-4-2-3-15(9-16)18(22)20-11-14-7-8-17(19-10-14)25-12-13-5-6-13/h2-4,7-10,13,21H,5-6,11-12H2,1H3,(H,20,22). The van der Waals surface area contributed by atoms with Gasteiger partial charge >= 0.3 is 0 Å². The van der Waals surface area contributed by atoms with Gasteiger partial charge in [0.05, 0.1) is 12.9 Å². The molecule has 7 nitrogen and oxygen atoms in total. The van der Waals surface area contributed by atoms with Gasteiger partial charge in [-0.2, -0.15) is 0 Å². The largest absolute Gasteiger partial charge is 0.477 e. The summed E-state index contributed by atoms with van der Waals surface area (Å²) in [6.45, 7) is 1.03. The Morgan fingerprint density at radius 3 is 2.73 bits per heavy atom. The molecule has 138 valence electrons. The first kappa shape index (κ1) is 18.2. The van der Waals surface area contributed by atoms with Crippen molar-refractivity contribution in [2.75, 3.05) is 17.6 Å². The number of pyridine rings is 1. The SMILES string of the molecule is CS(=O)(=O)Nc1cccc(C(=O)NCc2ccc(OCC3CC3)nc2)c1. The van der Waals surface area contributed by atoms with Crippen molar-refractivity contribution in [1.82, 2.24) is 10.3 Å². The highest BCUT2D eigenvalue weighted by Crippen LogP contribution is 2.29. The third kappa shape index (κ3) is 5.73. The normalized spacial score (nSPS) is 13.9. The summed E-state index contributed by atoms with van der Waals surface area (Å²) in [4.78, 5) is 16.5. The molecule has 3 rings (SSSR count). The molecular formula is C18H21N3O4S. The molecule has 1 aliphatic carbocycles. The first-order valence-corrected chi connectivity index (χ1v) is 10.2. The zero-order valence-corrected chi connectivity index (χ0v) is 15.3. The Balaban J connectivity index is 1.53. The van der Waals surface area contributed by atoms with Crippen LogP contribution in [-0.4, -0.2) is 32.2 Å². The van der Waals surface area contributed by atoms with E-state index in [1.807, 2.05) is 6.07 Å². The van der Waals surface area contributed by atoms with Crippen LogP contribution in [0.2, 0.25) is 0 Å². The number of nitrogens with one attached hydrogen (secondary N) is 2. The second kappa shape index (κ2) is 7.74. The van der Waals surface area contributed by atoms with Crippen molar-refractivity contribution >= 4 is 21.6 Å². The lowest BCUT2D eigenvalue weighted by Gasteiger charge is -2.09. The van der Waals surface area contributed by atoms with E-state index in [1.165, 1.54) is 18.9 Å². The van der Waals surface area contributed by atoms with Gasteiger partial charge in [0.25, 0.3) is 5.91 Å². The molecule has 1 aromatic carbocycles. The maximum absolute atomic E-state index is 12.3. The molecule has 0 unspecified atom stereocenters. The third-order valence-electron chi connectivity index (χ3n) is 3.84. The average molecular weight is 375 g/mol. The zero-order valence-electron chi connectivity index (χ0n) is 14.4. The van der Waals surface area contributed by atoms with Gasteiger partial charge in [-0.05, 0) is 42.5 Å². The second-order valence-electron chi connectivity index (χ2n) is 6.40.